The number of halogens is 1. The van der Waals surface area contributed by atoms with Crippen molar-refractivity contribution in [2.45, 2.75) is 32.6 Å². The third-order valence-corrected chi connectivity index (χ3v) is 3.74. The van der Waals surface area contributed by atoms with Gasteiger partial charge in [-0.1, -0.05) is 37.8 Å². The Hall–Kier alpha value is -1.03. The van der Waals surface area contributed by atoms with Gasteiger partial charge in [0.1, 0.15) is 11.0 Å². The highest BCUT2D eigenvalue weighted by Gasteiger charge is 2.20. The number of nitrogen functional groups attached to an aromatic ring is 1. The summed E-state index contributed by atoms with van der Waals surface area (Å²) in [7, 11) is 0. The number of nitrogens with one attached hydrogen (secondary N) is 1. The SMILES string of the molecule is CC1CCCCC1CNc1cc(Cl)nc(N)n1. The van der Waals surface area contributed by atoms with E-state index in [1.165, 1.54) is 25.7 Å². The van der Waals surface area contributed by atoms with Gasteiger partial charge >= 0.3 is 0 Å². The molecule has 4 nitrogen and oxygen atoms in total. The average Bonchev–Trinajstić information content (AvgIpc) is 2.27. The third kappa shape index (κ3) is 3.46. The Labute approximate surface area is 107 Å². The molecule has 1 fully saturated rings. The lowest BCUT2D eigenvalue weighted by Gasteiger charge is -2.28. The minimum absolute atomic E-state index is 0.219. The molecule has 1 saturated carbocycles. The van der Waals surface area contributed by atoms with Crippen molar-refractivity contribution in [3.05, 3.63) is 11.2 Å². The molecule has 0 spiro atoms. The summed E-state index contributed by atoms with van der Waals surface area (Å²) >= 11 is 5.83. The molecule has 0 aliphatic heterocycles. The van der Waals surface area contributed by atoms with Crippen molar-refractivity contribution in [3.8, 4) is 0 Å². The summed E-state index contributed by atoms with van der Waals surface area (Å²) in [6.45, 7) is 3.26. The van der Waals surface area contributed by atoms with Gasteiger partial charge in [-0.15, -0.1) is 0 Å². The fourth-order valence-corrected chi connectivity index (χ4v) is 2.65. The van der Waals surface area contributed by atoms with Crippen LogP contribution in [0.25, 0.3) is 0 Å². The van der Waals surface area contributed by atoms with E-state index in [2.05, 4.69) is 22.2 Å². The lowest BCUT2D eigenvalue weighted by Crippen LogP contribution is -2.24. The van der Waals surface area contributed by atoms with Crippen molar-refractivity contribution in [1.29, 1.82) is 0 Å². The Kier molecular flexibility index (Phi) is 4.05. The van der Waals surface area contributed by atoms with Crippen LogP contribution in [0.5, 0.6) is 0 Å². The van der Waals surface area contributed by atoms with Gasteiger partial charge in [-0.25, -0.2) is 4.98 Å². The zero-order valence-electron chi connectivity index (χ0n) is 10.1. The number of nitrogens with two attached hydrogens (primary N) is 1. The van der Waals surface area contributed by atoms with Crippen LogP contribution in [0.2, 0.25) is 5.15 Å². The van der Waals surface area contributed by atoms with Gasteiger partial charge in [-0.3, -0.25) is 0 Å². The fourth-order valence-electron chi connectivity index (χ4n) is 2.46. The molecule has 0 amide bonds. The zero-order valence-corrected chi connectivity index (χ0v) is 10.9. The number of anilines is 2. The highest BCUT2D eigenvalue weighted by Crippen LogP contribution is 2.29. The maximum absolute atomic E-state index is 5.83. The Morgan fingerprint density at radius 2 is 2.18 bits per heavy atom. The Morgan fingerprint density at radius 3 is 2.88 bits per heavy atom. The van der Waals surface area contributed by atoms with Gasteiger partial charge in [0, 0.05) is 12.6 Å². The first kappa shape index (κ1) is 12.4. The van der Waals surface area contributed by atoms with Crippen LogP contribution < -0.4 is 11.1 Å². The molecule has 2 unspecified atom stereocenters. The van der Waals surface area contributed by atoms with Crippen LogP contribution in [0, 0.1) is 11.8 Å². The molecule has 94 valence electrons. The highest BCUT2D eigenvalue weighted by atomic mass is 35.5. The summed E-state index contributed by atoms with van der Waals surface area (Å²) in [6, 6.07) is 1.71. The maximum Gasteiger partial charge on any atom is 0.223 e. The monoisotopic (exact) mass is 254 g/mol. The van der Waals surface area contributed by atoms with E-state index in [1.807, 2.05) is 0 Å². The van der Waals surface area contributed by atoms with Gasteiger partial charge in [0.2, 0.25) is 5.95 Å². The highest BCUT2D eigenvalue weighted by molar-refractivity contribution is 6.29. The standard InChI is InChI=1S/C12H19ClN4/c1-8-4-2-3-5-9(8)7-15-11-6-10(13)16-12(14)17-11/h6,8-9H,2-5,7H2,1H3,(H3,14,15,16,17). The quantitative estimate of drug-likeness (QED) is 0.814. The lowest BCUT2D eigenvalue weighted by atomic mass is 9.80. The molecule has 0 saturated heterocycles. The van der Waals surface area contributed by atoms with E-state index >= 15 is 0 Å². The van der Waals surface area contributed by atoms with Gasteiger partial charge in [-0.2, -0.15) is 4.98 Å². The molecule has 0 aromatic carbocycles. The smallest absolute Gasteiger partial charge is 0.223 e. The summed E-state index contributed by atoms with van der Waals surface area (Å²) < 4.78 is 0. The molecule has 0 bridgehead atoms. The Morgan fingerprint density at radius 1 is 1.41 bits per heavy atom. The van der Waals surface area contributed by atoms with Crippen molar-refractivity contribution in [3.63, 3.8) is 0 Å². The van der Waals surface area contributed by atoms with Crippen LogP contribution in [-0.2, 0) is 0 Å². The van der Waals surface area contributed by atoms with E-state index in [0.717, 1.165) is 24.2 Å². The topological polar surface area (TPSA) is 63.8 Å². The normalized spacial score (nSPS) is 24.6. The molecule has 2 atom stereocenters. The average molecular weight is 255 g/mol. The Bertz CT molecular complexity index is 363. The molecule has 1 heterocycles. The molecule has 0 radical (unpaired) electrons. The molecule has 1 aliphatic carbocycles. The number of hydrogen-bond acceptors (Lipinski definition) is 4. The second-order valence-electron chi connectivity index (χ2n) is 4.84. The van der Waals surface area contributed by atoms with E-state index in [1.54, 1.807) is 6.07 Å². The van der Waals surface area contributed by atoms with Crippen LogP contribution in [-0.4, -0.2) is 16.5 Å². The largest absolute Gasteiger partial charge is 0.370 e. The van der Waals surface area contributed by atoms with Crippen molar-refractivity contribution >= 4 is 23.4 Å². The van der Waals surface area contributed by atoms with Crippen molar-refractivity contribution < 1.29 is 0 Å². The number of nitrogens with zero attached hydrogens (tertiary/aromatic N) is 2. The number of aromatic nitrogens is 2. The van der Waals surface area contributed by atoms with Crippen LogP contribution in [0.1, 0.15) is 32.6 Å². The van der Waals surface area contributed by atoms with E-state index in [4.69, 9.17) is 17.3 Å². The molecule has 1 aliphatic rings. The van der Waals surface area contributed by atoms with Crippen molar-refractivity contribution in [1.82, 2.24) is 9.97 Å². The zero-order chi connectivity index (χ0) is 12.3. The number of rotatable bonds is 3. The van der Waals surface area contributed by atoms with Gasteiger partial charge in [0.25, 0.3) is 0 Å². The van der Waals surface area contributed by atoms with Gasteiger partial charge in [-0.05, 0) is 18.3 Å². The summed E-state index contributed by atoms with van der Waals surface area (Å²) in [6.07, 6.45) is 5.33. The predicted octanol–water partition coefficient (Wildman–Crippen LogP) is 2.95. The molecular weight excluding hydrogens is 236 g/mol. The van der Waals surface area contributed by atoms with Gasteiger partial charge in [0.05, 0.1) is 0 Å². The van der Waals surface area contributed by atoms with Crippen LogP contribution in [0.3, 0.4) is 0 Å². The van der Waals surface area contributed by atoms with Crippen molar-refractivity contribution in [2.75, 3.05) is 17.6 Å². The molecule has 3 N–H and O–H groups in total. The summed E-state index contributed by atoms with van der Waals surface area (Å²) in [4.78, 5) is 7.95. The van der Waals surface area contributed by atoms with Crippen LogP contribution >= 0.6 is 11.6 Å². The van der Waals surface area contributed by atoms with Crippen LogP contribution in [0.15, 0.2) is 6.07 Å². The predicted molar refractivity (Wildman–Crippen MR) is 71.1 cm³/mol. The second-order valence-corrected chi connectivity index (χ2v) is 5.22. The van der Waals surface area contributed by atoms with Gasteiger partial charge in [0.15, 0.2) is 0 Å². The molecular formula is C12H19ClN4. The minimum Gasteiger partial charge on any atom is -0.370 e. The first-order valence-electron chi connectivity index (χ1n) is 6.19. The Balaban J connectivity index is 1.92. The minimum atomic E-state index is 0.219. The van der Waals surface area contributed by atoms with E-state index in [-0.39, 0.29) is 5.95 Å². The summed E-state index contributed by atoms with van der Waals surface area (Å²) in [5.74, 6) is 2.45. The third-order valence-electron chi connectivity index (χ3n) is 3.55. The van der Waals surface area contributed by atoms with Gasteiger partial charge < -0.3 is 11.1 Å². The summed E-state index contributed by atoms with van der Waals surface area (Å²) in [5.41, 5.74) is 5.55. The van der Waals surface area contributed by atoms with E-state index < -0.39 is 0 Å². The number of hydrogen-bond donors (Lipinski definition) is 2. The molecule has 5 heteroatoms. The molecule has 2 rings (SSSR count). The van der Waals surface area contributed by atoms with Crippen LogP contribution in [0.4, 0.5) is 11.8 Å². The first-order chi connectivity index (χ1) is 8.15. The lowest BCUT2D eigenvalue weighted by molar-refractivity contribution is 0.268. The second kappa shape index (κ2) is 5.54. The molecule has 17 heavy (non-hydrogen) atoms. The van der Waals surface area contributed by atoms with E-state index in [0.29, 0.717) is 5.15 Å². The first-order valence-corrected chi connectivity index (χ1v) is 6.57. The molecule has 1 aromatic rings. The van der Waals surface area contributed by atoms with E-state index in [9.17, 15) is 0 Å². The van der Waals surface area contributed by atoms with Crippen molar-refractivity contribution in [2.24, 2.45) is 11.8 Å². The summed E-state index contributed by atoms with van der Waals surface area (Å²) in [5, 5.41) is 3.70. The maximum atomic E-state index is 5.83. The fraction of sp³-hybridized carbons (Fsp3) is 0.667. The molecule has 1 aromatic heterocycles.